The number of nitrogens with zero attached hydrogens (tertiary/aromatic N) is 1. The van der Waals surface area contributed by atoms with Crippen molar-refractivity contribution in [1.29, 1.82) is 0 Å². The molecule has 2 aliphatic rings. The first-order valence-electron chi connectivity index (χ1n) is 7.77. The number of thioether (sulfide) groups is 1. The number of carbonyl (C=O) groups is 2. The summed E-state index contributed by atoms with van der Waals surface area (Å²) in [6, 6.07) is 3.78. The summed E-state index contributed by atoms with van der Waals surface area (Å²) >= 11 is 1.42. The van der Waals surface area contributed by atoms with Crippen LogP contribution in [0.25, 0.3) is 0 Å². The van der Waals surface area contributed by atoms with E-state index in [0.717, 1.165) is 29.9 Å². The molecule has 0 radical (unpaired) electrons. The third-order valence-electron chi connectivity index (χ3n) is 4.16. The van der Waals surface area contributed by atoms with E-state index in [0.29, 0.717) is 18.9 Å². The van der Waals surface area contributed by atoms with Crippen molar-refractivity contribution in [1.82, 2.24) is 10.3 Å². The van der Waals surface area contributed by atoms with Crippen molar-refractivity contribution in [3.63, 3.8) is 0 Å². The normalized spacial score (nSPS) is 23.9. The van der Waals surface area contributed by atoms with Crippen molar-refractivity contribution in [2.75, 3.05) is 6.54 Å². The molecule has 1 N–H and O–H groups in total. The van der Waals surface area contributed by atoms with Crippen molar-refractivity contribution in [3.8, 4) is 0 Å². The summed E-state index contributed by atoms with van der Waals surface area (Å²) in [4.78, 5) is 28.6. The second kappa shape index (κ2) is 7.09. The van der Waals surface area contributed by atoms with Crippen LogP contribution in [0, 0.1) is 5.92 Å². The number of hydrogen-bond donors (Lipinski definition) is 1. The number of pyridine rings is 1. The average molecular weight is 316 g/mol. The maximum Gasteiger partial charge on any atom is 0.221 e. The molecule has 1 aromatic rings. The molecule has 1 aliphatic carbocycles. The lowest BCUT2D eigenvalue weighted by Gasteiger charge is -2.22. The third-order valence-corrected chi connectivity index (χ3v) is 5.47. The molecule has 3 rings (SSSR count). The maximum absolute atomic E-state index is 12.2. The zero-order valence-electron chi connectivity index (χ0n) is 12.5. The van der Waals surface area contributed by atoms with Gasteiger partial charge >= 0.3 is 0 Å². The number of aromatic nitrogens is 1. The van der Waals surface area contributed by atoms with E-state index in [-0.39, 0.29) is 23.4 Å². The highest BCUT2D eigenvalue weighted by Crippen LogP contribution is 2.33. The Morgan fingerprint density at radius 3 is 3.14 bits per heavy atom. The van der Waals surface area contributed by atoms with Gasteiger partial charge in [-0.15, -0.1) is 0 Å². The van der Waals surface area contributed by atoms with Gasteiger partial charge in [-0.05, 0) is 36.8 Å². The lowest BCUT2D eigenvalue weighted by atomic mass is 9.94. The Morgan fingerprint density at radius 1 is 1.41 bits per heavy atom. The van der Waals surface area contributed by atoms with Gasteiger partial charge in [-0.2, -0.15) is 0 Å². The molecular formula is C17H20N2O2S. The molecule has 4 nitrogen and oxygen atoms in total. The van der Waals surface area contributed by atoms with Gasteiger partial charge in [-0.25, -0.2) is 4.98 Å². The summed E-state index contributed by atoms with van der Waals surface area (Å²) in [5.41, 5.74) is 0.975. The van der Waals surface area contributed by atoms with Crippen LogP contribution in [0.5, 0.6) is 0 Å². The Kier molecular flexibility index (Phi) is 4.93. The second-order valence-electron chi connectivity index (χ2n) is 5.88. The van der Waals surface area contributed by atoms with Crippen LogP contribution in [0.1, 0.15) is 31.2 Å². The monoisotopic (exact) mass is 316 g/mol. The zero-order chi connectivity index (χ0) is 15.4. The Morgan fingerprint density at radius 2 is 2.32 bits per heavy atom. The minimum atomic E-state index is -0.298. The second-order valence-corrected chi connectivity index (χ2v) is 7.07. The lowest BCUT2D eigenvalue weighted by Crippen LogP contribution is -2.35. The number of fused-ring (bicyclic) bond motifs is 1. The molecule has 0 spiro atoms. The van der Waals surface area contributed by atoms with E-state index in [1.165, 1.54) is 11.8 Å². The van der Waals surface area contributed by atoms with Crippen LogP contribution < -0.4 is 5.32 Å². The fourth-order valence-electron chi connectivity index (χ4n) is 2.86. The summed E-state index contributed by atoms with van der Waals surface area (Å²) in [6.07, 6.45) is 10.0. The Hall–Kier alpha value is -1.62. The van der Waals surface area contributed by atoms with Gasteiger partial charge in [-0.1, -0.05) is 30.0 Å². The molecule has 0 aromatic carbocycles. The highest BCUT2D eigenvalue weighted by atomic mass is 32.2. The highest BCUT2D eigenvalue weighted by molar-refractivity contribution is 8.00. The van der Waals surface area contributed by atoms with Crippen molar-refractivity contribution in [3.05, 3.63) is 36.0 Å². The quantitative estimate of drug-likeness (QED) is 0.867. The average Bonchev–Trinajstić information content (AvgIpc) is 2.55. The van der Waals surface area contributed by atoms with Crippen LogP contribution in [0.4, 0.5) is 0 Å². The Labute approximate surface area is 134 Å². The molecule has 0 fully saturated rings. The first-order valence-corrected chi connectivity index (χ1v) is 8.65. The first kappa shape index (κ1) is 15.3. The Bertz CT molecular complexity index is 600. The van der Waals surface area contributed by atoms with Gasteiger partial charge < -0.3 is 5.32 Å². The van der Waals surface area contributed by atoms with Gasteiger partial charge in [0.25, 0.3) is 0 Å². The summed E-state index contributed by atoms with van der Waals surface area (Å²) in [5, 5.41) is 3.57. The van der Waals surface area contributed by atoms with Gasteiger partial charge in [0.1, 0.15) is 5.03 Å². The molecule has 1 aliphatic heterocycles. The van der Waals surface area contributed by atoms with Crippen LogP contribution in [-0.2, 0) is 16.0 Å². The number of hydrogen-bond acceptors (Lipinski definition) is 4. The molecule has 0 saturated carbocycles. The minimum absolute atomic E-state index is 0.0280. The molecule has 0 saturated heterocycles. The SMILES string of the molecule is O=C(CC1Sc2ncccc2CC1=O)NCC1CC=CCC1. The number of ketones is 1. The van der Waals surface area contributed by atoms with E-state index in [2.05, 4.69) is 22.5 Å². The smallest absolute Gasteiger partial charge is 0.221 e. The molecule has 2 atom stereocenters. The largest absolute Gasteiger partial charge is 0.356 e. The molecule has 5 heteroatoms. The molecule has 22 heavy (non-hydrogen) atoms. The molecule has 2 heterocycles. The summed E-state index contributed by atoms with van der Waals surface area (Å²) in [7, 11) is 0. The summed E-state index contributed by atoms with van der Waals surface area (Å²) in [6.45, 7) is 0.712. The molecule has 1 amide bonds. The van der Waals surface area contributed by atoms with E-state index in [9.17, 15) is 9.59 Å². The van der Waals surface area contributed by atoms with Crippen LogP contribution in [0.2, 0.25) is 0 Å². The van der Waals surface area contributed by atoms with Gasteiger partial charge in [0.15, 0.2) is 5.78 Å². The molecule has 0 bridgehead atoms. The van der Waals surface area contributed by atoms with E-state index < -0.39 is 0 Å². The molecule has 116 valence electrons. The maximum atomic E-state index is 12.2. The predicted molar refractivity (Wildman–Crippen MR) is 86.7 cm³/mol. The van der Waals surface area contributed by atoms with Crippen molar-refractivity contribution in [2.45, 2.75) is 42.4 Å². The molecule has 2 unspecified atom stereocenters. The van der Waals surface area contributed by atoms with Crippen molar-refractivity contribution in [2.24, 2.45) is 5.92 Å². The third kappa shape index (κ3) is 3.77. The van der Waals surface area contributed by atoms with E-state index in [1.807, 2.05) is 12.1 Å². The van der Waals surface area contributed by atoms with Crippen LogP contribution in [-0.4, -0.2) is 28.5 Å². The van der Waals surface area contributed by atoms with Gasteiger partial charge in [0.2, 0.25) is 5.91 Å². The van der Waals surface area contributed by atoms with E-state index in [4.69, 9.17) is 0 Å². The number of carbonyl (C=O) groups excluding carboxylic acids is 2. The van der Waals surface area contributed by atoms with Gasteiger partial charge in [0, 0.05) is 25.6 Å². The zero-order valence-corrected chi connectivity index (χ0v) is 13.3. The van der Waals surface area contributed by atoms with E-state index in [1.54, 1.807) is 6.20 Å². The van der Waals surface area contributed by atoms with Gasteiger partial charge in [0.05, 0.1) is 5.25 Å². The van der Waals surface area contributed by atoms with Crippen LogP contribution in [0.15, 0.2) is 35.5 Å². The topological polar surface area (TPSA) is 59.1 Å². The van der Waals surface area contributed by atoms with Crippen LogP contribution >= 0.6 is 11.8 Å². The number of amides is 1. The number of allylic oxidation sites excluding steroid dienone is 2. The number of rotatable bonds is 4. The van der Waals surface area contributed by atoms with Crippen molar-refractivity contribution < 1.29 is 9.59 Å². The van der Waals surface area contributed by atoms with Crippen LogP contribution in [0.3, 0.4) is 0 Å². The fraction of sp³-hybridized carbons (Fsp3) is 0.471. The minimum Gasteiger partial charge on any atom is -0.356 e. The fourth-order valence-corrected chi connectivity index (χ4v) is 4.00. The molecule has 1 aromatic heterocycles. The number of Topliss-reactive ketones (excluding diaryl/α,β-unsaturated/α-hetero) is 1. The first-order chi connectivity index (χ1) is 10.7. The summed E-state index contributed by atoms with van der Waals surface area (Å²) in [5.74, 6) is 0.632. The Balaban J connectivity index is 1.51. The lowest BCUT2D eigenvalue weighted by molar-refractivity contribution is -0.125. The summed E-state index contributed by atoms with van der Waals surface area (Å²) < 4.78 is 0. The predicted octanol–water partition coefficient (Wildman–Crippen LogP) is 2.53. The molecular weight excluding hydrogens is 296 g/mol. The number of nitrogens with one attached hydrogen (secondary N) is 1. The highest BCUT2D eigenvalue weighted by Gasteiger charge is 2.29. The standard InChI is InChI=1S/C17H20N2O2S/c20-14-9-13-7-4-8-18-17(13)22-15(14)10-16(21)19-11-12-5-2-1-3-6-12/h1-2,4,7-8,12,15H,3,5-6,9-11H2,(H,19,21). The van der Waals surface area contributed by atoms with Gasteiger partial charge in [-0.3, -0.25) is 9.59 Å². The van der Waals surface area contributed by atoms with E-state index >= 15 is 0 Å². The van der Waals surface area contributed by atoms with Crippen molar-refractivity contribution >= 4 is 23.5 Å².